The summed E-state index contributed by atoms with van der Waals surface area (Å²) in [5.74, 6) is 0.161. The molecule has 1 N–H and O–H groups in total. The van der Waals surface area contributed by atoms with Gasteiger partial charge in [-0.2, -0.15) is 8.42 Å². The van der Waals surface area contributed by atoms with Crippen molar-refractivity contribution in [3.63, 3.8) is 0 Å². The molecular formula is C4H6FN3O3S. The zero-order chi connectivity index (χ0) is 9.19. The molecule has 0 fully saturated rings. The van der Waals surface area contributed by atoms with E-state index in [2.05, 4.69) is 19.9 Å². The monoisotopic (exact) mass is 195 g/mol. The van der Waals surface area contributed by atoms with E-state index in [9.17, 15) is 12.3 Å². The highest BCUT2D eigenvalue weighted by Gasteiger charge is 2.17. The highest BCUT2D eigenvalue weighted by molar-refractivity contribution is 7.86. The van der Waals surface area contributed by atoms with E-state index in [0.717, 1.165) is 0 Å². The third-order valence-corrected chi connectivity index (χ3v) is 1.67. The lowest BCUT2D eigenvalue weighted by atomic mass is 10.7. The number of halogens is 1. The van der Waals surface area contributed by atoms with Crippen LogP contribution in [0.3, 0.4) is 0 Å². The summed E-state index contributed by atoms with van der Waals surface area (Å²) in [5.41, 5.74) is 0. The molecular weight excluding hydrogens is 189 g/mol. The van der Waals surface area contributed by atoms with Gasteiger partial charge in [0.05, 0.1) is 0 Å². The molecule has 1 heterocycles. The van der Waals surface area contributed by atoms with E-state index in [1.54, 1.807) is 0 Å². The predicted octanol–water partition coefficient (Wildman–Crippen LogP) is -0.391. The van der Waals surface area contributed by atoms with Gasteiger partial charge in [-0.25, -0.2) is 0 Å². The van der Waals surface area contributed by atoms with Crippen molar-refractivity contribution in [1.82, 2.24) is 15.2 Å². The van der Waals surface area contributed by atoms with Gasteiger partial charge >= 0.3 is 10.2 Å². The first-order valence-electron chi connectivity index (χ1n) is 2.89. The molecule has 0 aliphatic heterocycles. The van der Waals surface area contributed by atoms with Crippen LogP contribution in [0.25, 0.3) is 0 Å². The Kier molecular flexibility index (Phi) is 2.38. The summed E-state index contributed by atoms with van der Waals surface area (Å²) >= 11 is 0. The maximum Gasteiger partial charge on any atom is 0.368 e. The molecule has 8 heteroatoms. The molecule has 0 spiro atoms. The fourth-order valence-electron chi connectivity index (χ4n) is 0.591. The molecule has 12 heavy (non-hydrogen) atoms. The van der Waals surface area contributed by atoms with Crippen molar-refractivity contribution >= 4 is 10.2 Å². The van der Waals surface area contributed by atoms with Crippen molar-refractivity contribution in [2.24, 2.45) is 0 Å². The van der Waals surface area contributed by atoms with Gasteiger partial charge in [0.15, 0.2) is 5.82 Å². The van der Waals surface area contributed by atoms with E-state index in [0.29, 0.717) is 0 Å². The lowest BCUT2D eigenvalue weighted by Gasteiger charge is -1.88. The number of methoxy groups -OCH3 is 1. The normalized spacial score (nSPS) is 11.8. The molecule has 0 atom stereocenters. The maximum atomic E-state index is 12.2. The van der Waals surface area contributed by atoms with Gasteiger partial charge in [-0.05, 0) is 0 Å². The second kappa shape index (κ2) is 3.15. The van der Waals surface area contributed by atoms with E-state index < -0.39 is 15.4 Å². The van der Waals surface area contributed by atoms with Crippen molar-refractivity contribution in [3.8, 4) is 0 Å². The molecule has 1 aromatic heterocycles. The maximum absolute atomic E-state index is 12.2. The van der Waals surface area contributed by atoms with Crippen molar-refractivity contribution in [2.45, 2.75) is 11.8 Å². The van der Waals surface area contributed by atoms with Gasteiger partial charge in [-0.15, -0.1) is 10.2 Å². The number of nitrogens with one attached hydrogen (secondary N) is 1. The summed E-state index contributed by atoms with van der Waals surface area (Å²) in [6.45, 7) is 0.0581. The van der Waals surface area contributed by atoms with Crippen LogP contribution in [-0.4, -0.2) is 30.7 Å². The quantitative estimate of drug-likeness (QED) is 0.664. The van der Waals surface area contributed by atoms with Crippen LogP contribution in [0.5, 0.6) is 0 Å². The minimum absolute atomic E-state index is 0.0581. The van der Waals surface area contributed by atoms with Crippen LogP contribution in [0.15, 0.2) is 5.16 Å². The summed E-state index contributed by atoms with van der Waals surface area (Å²) in [6, 6.07) is 0. The van der Waals surface area contributed by atoms with Gasteiger partial charge in [0.1, 0.15) is 6.61 Å². The van der Waals surface area contributed by atoms with Crippen molar-refractivity contribution in [1.29, 1.82) is 0 Å². The van der Waals surface area contributed by atoms with Crippen LogP contribution in [0.1, 0.15) is 5.82 Å². The highest BCUT2D eigenvalue weighted by Crippen LogP contribution is 2.04. The number of hydrogen-bond donors (Lipinski definition) is 1. The van der Waals surface area contributed by atoms with Crippen molar-refractivity contribution in [3.05, 3.63) is 5.82 Å². The fraction of sp³-hybridized carbons (Fsp3) is 0.500. The molecule has 0 unspecified atom stereocenters. The van der Waals surface area contributed by atoms with Gasteiger partial charge in [0.2, 0.25) is 0 Å². The number of aromatic nitrogens is 3. The van der Waals surface area contributed by atoms with Crippen LogP contribution in [0, 0.1) is 0 Å². The molecule has 1 aromatic rings. The van der Waals surface area contributed by atoms with Gasteiger partial charge in [-0.1, -0.05) is 3.89 Å². The Morgan fingerprint density at radius 1 is 1.58 bits per heavy atom. The van der Waals surface area contributed by atoms with Crippen LogP contribution < -0.4 is 0 Å². The molecule has 0 aromatic carbocycles. The Labute approximate surface area is 68.0 Å². The Hall–Kier alpha value is -1.02. The molecule has 0 saturated carbocycles. The Morgan fingerprint density at radius 2 is 2.25 bits per heavy atom. The number of ether oxygens (including phenoxy) is 1. The smallest absolute Gasteiger partial charge is 0.368 e. The summed E-state index contributed by atoms with van der Waals surface area (Å²) in [7, 11) is -3.39. The van der Waals surface area contributed by atoms with Crippen LogP contribution >= 0.6 is 0 Å². The fourth-order valence-corrected chi connectivity index (χ4v) is 0.969. The second-order valence-corrected chi connectivity index (χ2v) is 3.21. The number of rotatable bonds is 3. The standard InChI is InChI=1S/C4H6FN3O3S/c1-11-2-3-6-4(8-7-3)12(5,9)10/h2H2,1H3,(H,6,7,8). The summed E-state index contributed by atoms with van der Waals surface area (Å²) in [4.78, 5) is 2.14. The van der Waals surface area contributed by atoms with Crippen LogP contribution in [0.2, 0.25) is 0 Å². The van der Waals surface area contributed by atoms with Gasteiger partial charge in [-0.3, -0.25) is 0 Å². The minimum atomic E-state index is -4.79. The molecule has 0 aliphatic rings. The first-order chi connectivity index (χ1) is 5.54. The Bertz CT molecular complexity index is 359. The third kappa shape index (κ3) is 1.98. The van der Waals surface area contributed by atoms with Gasteiger partial charge in [0.25, 0.3) is 5.16 Å². The molecule has 0 amide bonds. The van der Waals surface area contributed by atoms with Crippen molar-refractivity contribution < 1.29 is 17.0 Å². The topological polar surface area (TPSA) is 84.9 Å². The average Bonchev–Trinajstić information content (AvgIpc) is 2.35. The predicted molar refractivity (Wildman–Crippen MR) is 35.4 cm³/mol. The van der Waals surface area contributed by atoms with E-state index in [-0.39, 0.29) is 12.4 Å². The first kappa shape index (κ1) is 9.07. The SMILES string of the molecule is COCc1nnc(S(=O)(=O)F)[nH]1. The average molecular weight is 195 g/mol. The summed E-state index contributed by atoms with van der Waals surface area (Å²) < 4.78 is 37.2. The number of aromatic amines is 1. The molecule has 0 saturated heterocycles. The largest absolute Gasteiger partial charge is 0.377 e. The van der Waals surface area contributed by atoms with E-state index in [1.165, 1.54) is 7.11 Å². The molecule has 0 radical (unpaired) electrons. The number of H-pyrrole nitrogens is 1. The van der Waals surface area contributed by atoms with Gasteiger partial charge in [0, 0.05) is 7.11 Å². The van der Waals surface area contributed by atoms with E-state index >= 15 is 0 Å². The van der Waals surface area contributed by atoms with Crippen LogP contribution in [0.4, 0.5) is 3.89 Å². The minimum Gasteiger partial charge on any atom is -0.377 e. The van der Waals surface area contributed by atoms with E-state index in [1.807, 2.05) is 0 Å². The lowest BCUT2D eigenvalue weighted by Crippen LogP contribution is -1.95. The molecule has 68 valence electrons. The molecule has 6 nitrogen and oxygen atoms in total. The zero-order valence-corrected chi connectivity index (χ0v) is 6.93. The summed E-state index contributed by atoms with van der Waals surface area (Å²) in [5, 5.41) is 5.58. The zero-order valence-electron chi connectivity index (χ0n) is 6.11. The number of hydrogen-bond acceptors (Lipinski definition) is 5. The summed E-state index contributed by atoms with van der Waals surface area (Å²) in [6.07, 6.45) is 0. The lowest BCUT2D eigenvalue weighted by molar-refractivity contribution is 0.178. The molecule has 1 rings (SSSR count). The van der Waals surface area contributed by atoms with Crippen molar-refractivity contribution in [2.75, 3.05) is 7.11 Å². The Balaban J connectivity index is 2.92. The van der Waals surface area contributed by atoms with Gasteiger partial charge < -0.3 is 9.72 Å². The second-order valence-electron chi connectivity index (χ2n) is 1.95. The molecule has 0 aliphatic carbocycles. The van der Waals surface area contributed by atoms with Crippen LogP contribution in [-0.2, 0) is 21.6 Å². The number of nitrogens with zero attached hydrogens (tertiary/aromatic N) is 2. The Morgan fingerprint density at radius 3 is 2.67 bits per heavy atom. The molecule has 0 bridgehead atoms. The highest BCUT2D eigenvalue weighted by atomic mass is 32.3. The third-order valence-electron chi connectivity index (χ3n) is 1.02. The van der Waals surface area contributed by atoms with E-state index in [4.69, 9.17) is 0 Å². The first-order valence-corrected chi connectivity index (χ1v) is 4.27.